The molecule has 0 aliphatic carbocycles. The lowest BCUT2D eigenvalue weighted by Gasteiger charge is -2.05. The van der Waals surface area contributed by atoms with Crippen molar-refractivity contribution in [3.05, 3.63) is 58.6 Å². The Kier molecular flexibility index (Phi) is 4.71. The minimum atomic E-state index is -0.319. The van der Waals surface area contributed by atoms with Crippen LogP contribution in [0.15, 0.2) is 51.7 Å². The average Bonchev–Trinajstić information content (AvgIpc) is 3.16. The zero-order valence-corrected chi connectivity index (χ0v) is 14.6. The number of carbonyl (C=O) groups excluding carboxylic acids is 2. The largest absolute Gasteiger partial charge is 0.444 e. The molecule has 1 aromatic carbocycles. The number of aromatic nitrogens is 1. The number of nitrogens with zero attached hydrogens (tertiary/aromatic N) is 1. The van der Waals surface area contributed by atoms with Gasteiger partial charge in [0.1, 0.15) is 0 Å². The molecular weight excluding hydrogens is 374 g/mol. The summed E-state index contributed by atoms with van der Waals surface area (Å²) >= 11 is 3.14. The number of aryl methyl sites for hydroxylation is 1. The monoisotopic (exact) mass is 389 g/mol. The molecule has 7 heteroatoms. The van der Waals surface area contributed by atoms with Crippen molar-refractivity contribution in [2.24, 2.45) is 7.05 Å². The summed E-state index contributed by atoms with van der Waals surface area (Å²) in [6, 6.07) is 11.0. The summed E-state index contributed by atoms with van der Waals surface area (Å²) in [5.41, 5.74) is 1.62. The Bertz CT molecular complexity index is 898. The number of fused-ring (bicyclic) bond motifs is 1. The predicted molar refractivity (Wildman–Crippen MR) is 94.0 cm³/mol. The van der Waals surface area contributed by atoms with Crippen molar-refractivity contribution < 1.29 is 14.0 Å². The highest BCUT2D eigenvalue weighted by atomic mass is 79.9. The maximum atomic E-state index is 12.3. The SMILES string of the molecule is Cn1cc(C(=O)NCCNC(=O)c2ccc(Br)o2)c2ccccc21. The summed E-state index contributed by atoms with van der Waals surface area (Å²) in [4.78, 5) is 24.1. The fraction of sp³-hybridized carbons (Fsp3) is 0.176. The van der Waals surface area contributed by atoms with E-state index in [1.165, 1.54) is 0 Å². The highest BCUT2D eigenvalue weighted by molar-refractivity contribution is 9.10. The topological polar surface area (TPSA) is 76.3 Å². The van der Waals surface area contributed by atoms with Crippen molar-refractivity contribution in [3.8, 4) is 0 Å². The molecule has 0 saturated heterocycles. The molecule has 0 radical (unpaired) electrons. The first-order chi connectivity index (χ1) is 11.6. The summed E-state index contributed by atoms with van der Waals surface area (Å²) in [6.45, 7) is 0.642. The number of amides is 2. The Morgan fingerprint density at radius 2 is 1.79 bits per heavy atom. The molecule has 0 aliphatic heterocycles. The fourth-order valence-electron chi connectivity index (χ4n) is 2.49. The van der Waals surface area contributed by atoms with Gasteiger partial charge in [0, 0.05) is 37.2 Å². The van der Waals surface area contributed by atoms with E-state index in [-0.39, 0.29) is 17.6 Å². The first-order valence-corrected chi connectivity index (χ1v) is 8.21. The Morgan fingerprint density at radius 3 is 2.50 bits per heavy atom. The minimum absolute atomic E-state index is 0.165. The molecule has 2 N–H and O–H groups in total. The van der Waals surface area contributed by atoms with E-state index in [1.54, 1.807) is 18.3 Å². The molecule has 0 saturated carbocycles. The molecule has 0 fully saturated rings. The smallest absolute Gasteiger partial charge is 0.287 e. The lowest BCUT2D eigenvalue weighted by Crippen LogP contribution is -2.34. The molecule has 3 rings (SSSR count). The normalized spacial score (nSPS) is 10.8. The first-order valence-electron chi connectivity index (χ1n) is 7.42. The summed E-state index contributed by atoms with van der Waals surface area (Å²) in [5, 5.41) is 6.40. The third kappa shape index (κ3) is 3.35. The quantitative estimate of drug-likeness (QED) is 0.658. The number of carbonyl (C=O) groups is 2. The lowest BCUT2D eigenvalue weighted by molar-refractivity contribution is 0.0910. The van der Waals surface area contributed by atoms with Gasteiger partial charge in [-0.1, -0.05) is 18.2 Å². The zero-order chi connectivity index (χ0) is 17.1. The zero-order valence-electron chi connectivity index (χ0n) is 13.0. The molecule has 0 aliphatic rings. The van der Waals surface area contributed by atoms with E-state index in [2.05, 4.69) is 26.6 Å². The van der Waals surface area contributed by atoms with Crippen LogP contribution in [-0.2, 0) is 7.05 Å². The maximum absolute atomic E-state index is 12.3. The van der Waals surface area contributed by atoms with E-state index in [1.807, 2.05) is 35.9 Å². The van der Waals surface area contributed by atoms with Gasteiger partial charge in [-0.25, -0.2) is 0 Å². The van der Waals surface area contributed by atoms with Gasteiger partial charge in [0.25, 0.3) is 11.8 Å². The third-order valence-electron chi connectivity index (χ3n) is 3.63. The molecule has 0 spiro atoms. The van der Waals surface area contributed by atoms with Crippen molar-refractivity contribution in [2.75, 3.05) is 13.1 Å². The Balaban J connectivity index is 1.55. The van der Waals surface area contributed by atoms with Crippen LogP contribution in [0.2, 0.25) is 0 Å². The van der Waals surface area contributed by atoms with Crippen LogP contribution >= 0.6 is 15.9 Å². The van der Waals surface area contributed by atoms with Crippen LogP contribution in [-0.4, -0.2) is 29.5 Å². The average molecular weight is 390 g/mol. The van der Waals surface area contributed by atoms with Gasteiger partial charge >= 0.3 is 0 Å². The molecular formula is C17H16BrN3O3. The highest BCUT2D eigenvalue weighted by Gasteiger charge is 2.13. The van der Waals surface area contributed by atoms with E-state index < -0.39 is 0 Å². The molecule has 0 unspecified atom stereocenters. The van der Waals surface area contributed by atoms with Crippen LogP contribution in [0.5, 0.6) is 0 Å². The second-order valence-electron chi connectivity index (χ2n) is 5.29. The summed E-state index contributed by atoms with van der Waals surface area (Å²) in [7, 11) is 1.90. The predicted octanol–water partition coefficient (Wildman–Crippen LogP) is 2.69. The number of benzene rings is 1. The maximum Gasteiger partial charge on any atom is 0.287 e. The molecule has 0 atom stereocenters. The van der Waals surface area contributed by atoms with E-state index in [0.29, 0.717) is 23.3 Å². The number of hydrogen-bond donors (Lipinski definition) is 2. The van der Waals surface area contributed by atoms with E-state index in [4.69, 9.17) is 4.42 Å². The van der Waals surface area contributed by atoms with Crippen LogP contribution < -0.4 is 10.6 Å². The Morgan fingerprint density at radius 1 is 1.08 bits per heavy atom. The van der Waals surface area contributed by atoms with E-state index in [9.17, 15) is 9.59 Å². The number of rotatable bonds is 5. The van der Waals surface area contributed by atoms with Crippen molar-refractivity contribution >= 4 is 38.6 Å². The van der Waals surface area contributed by atoms with Crippen LogP contribution in [0, 0.1) is 0 Å². The first kappa shape index (κ1) is 16.3. The lowest BCUT2D eigenvalue weighted by atomic mass is 10.1. The molecule has 124 valence electrons. The van der Waals surface area contributed by atoms with Gasteiger partial charge in [-0.3, -0.25) is 9.59 Å². The van der Waals surface area contributed by atoms with Gasteiger partial charge in [-0.15, -0.1) is 0 Å². The molecule has 2 aromatic heterocycles. The van der Waals surface area contributed by atoms with Crippen molar-refractivity contribution in [3.63, 3.8) is 0 Å². The highest BCUT2D eigenvalue weighted by Crippen LogP contribution is 2.20. The molecule has 24 heavy (non-hydrogen) atoms. The summed E-state index contributed by atoms with van der Waals surface area (Å²) in [5.74, 6) is -0.260. The third-order valence-corrected chi connectivity index (χ3v) is 4.06. The number of nitrogens with one attached hydrogen (secondary N) is 2. The number of halogens is 1. The van der Waals surface area contributed by atoms with Gasteiger partial charge in [-0.05, 0) is 34.1 Å². The summed E-state index contributed by atoms with van der Waals surface area (Å²) in [6.07, 6.45) is 1.80. The standard InChI is InChI=1S/C17H16BrN3O3/c1-21-10-12(11-4-2-3-5-13(11)21)16(22)19-8-9-20-17(23)14-6-7-15(18)24-14/h2-7,10H,8-9H2,1H3,(H,19,22)(H,20,23). The van der Waals surface area contributed by atoms with Crippen LogP contribution in [0.25, 0.3) is 10.9 Å². The second kappa shape index (κ2) is 6.92. The van der Waals surface area contributed by atoms with Gasteiger partial charge in [0.05, 0.1) is 5.56 Å². The van der Waals surface area contributed by atoms with E-state index >= 15 is 0 Å². The molecule has 6 nitrogen and oxygen atoms in total. The van der Waals surface area contributed by atoms with Gasteiger partial charge in [0.15, 0.2) is 10.4 Å². The summed E-state index contributed by atoms with van der Waals surface area (Å²) < 4.78 is 7.57. The second-order valence-corrected chi connectivity index (χ2v) is 6.07. The molecule has 0 bridgehead atoms. The number of furan rings is 1. The van der Waals surface area contributed by atoms with Crippen molar-refractivity contribution in [1.29, 1.82) is 0 Å². The number of hydrogen-bond acceptors (Lipinski definition) is 3. The van der Waals surface area contributed by atoms with Gasteiger partial charge in [-0.2, -0.15) is 0 Å². The fourth-order valence-corrected chi connectivity index (χ4v) is 2.80. The molecule has 3 aromatic rings. The number of para-hydroxylation sites is 1. The van der Waals surface area contributed by atoms with Crippen LogP contribution in [0.1, 0.15) is 20.9 Å². The van der Waals surface area contributed by atoms with Crippen LogP contribution in [0.3, 0.4) is 0 Å². The van der Waals surface area contributed by atoms with Gasteiger partial charge < -0.3 is 19.6 Å². The van der Waals surface area contributed by atoms with Gasteiger partial charge in [0.2, 0.25) is 0 Å². The van der Waals surface area contributed by atoms with Crippen LogP contribution in [0.4, 0.5) is 0 Å². The van der Waals surface area contributed by atoms with Crippen molar-refractivity contribution in [2.45, 2.75) is 0 Å². The molecule has 2 amide bonds. The minimum Gasteiger partial charge on any atom is -0.444 e. The van der Waals surface area contributed by atoms with E-state index in [0.717, 1.165) is 10.9 Å². The van der Waals surface area contributed by atoms with Crippen molar-refractivity contribution in [1.82, 2.24) is 15.2 Å². The molecule has 2 heterocycles. The Labute approximate surface area is 146 Å². The Hall–Kier alpha value is -2.54.